The van der Waals surface area contributed by atoms with Gasteiger partial charge in [0.05, 0.1) is 0 Å². The second-order valence-electron chi connectivity index (χ2n) is 4.12. The van der Waals surface area contributed by atoms with E-state index in [1.165, 1.54) is 35.5 Å². The lowest BCUT2D eigenvalue weighted by Crippen LogP contribution is -1.90. The normalized spacial score (nSPS) is 15.8. The van der Waals surface area contributed by atoms with Crippen molar-refractivity contribution in [3.05, 3.63) is 23.8 Å². The summed E-state index contributed by atoms with van der Waals surface area (Å²) in [6.07, 6.45) is 4.26. The van der Waals surface area contributed by atoms with E-state index in [9.17, 15) is 0 Å². The highest BCUT2D eigenvalue weighted by molar-refractivity contribution is 7.99. The number of rotatable bonds is 4. The van der Waals surface area contributed by atoms with E-state index in [1.54, 1.807) is 0 Å². The first-order valence-corrected chi connectivity index (χ1v) is 6.23. The molecular formula is C12H17NS. The molecule has 1 aliphatic carbocycles. The topological polar surface area (TPSA) is 26.0 Å². The van der Waals surface area contributed by atoms with Crippen LogP contribution < -0.4 is 5.73 Å². The van der Waals surface area contributed by atoms with E-state index in [0.717, 1.165) is 11.6 Å². The van der Waals surface area contributed by atoms with Gasteiger partial charge in [-0.25, -0.2) is 0 Å². The molecule has 2 rings (SSSR count). The van der Waals surface area contributed by atoms with Gasteiger partial charge in [0.15, 0.2) is 0 Å². The Kier molecular flexibility index (Phi) is 3.02. The zero-order valence-electron chi connectivity index (χ0n) is 8.62. The van der Waals surface area contributed by atoms with Crippen LogP contribution in [-0.2, 0) is 0 Å². The molecule has 0 spiro atoms. The summed E-state index contributed by atoms with van der Waals surface area (Å²) in [5.74, 6) is 2.24. The Morgan fingerprint density at radius 2 is 2.21 bits per heavy atom. The fraction of sp³-hybridized carbons (Fsp3) is 0.500. The predicted octanol–water partition coefficient (Wildman–Crippen LogP) is 3.47. The molecule has 76 valence electrons. The third-order valence-electron chi connectivity index (χ3n) is 2.65. The van der Waals surface area contributed by atoms with E-state index < -0.39 is 0 Å². The minimum Gasteiger partial charge on any atom is -0.398 e. The number of nitrogen functional groups attached to an aromatic ring is 1. The summed E-state index contributed by atoms with van der Waals surface area (Å²) in [5, 5.41) is 0. The number of nitrogens with two attached hydrogens (primary N) is 1. The largest absolute Gasteiger partial charge is 0.398 e. The van der Waals surface area contributed by atoms with Crippen LogP contribution in [-0.4, -0.2) is 5.75 Å². The number of hydrogen-bond donors (Lipinski definition) is 1. The molecule has 0 unspecified atom stereocenters. The van der Waals surface area contributed by atoms with Gasteiger partial charge in [0.25, 0.3) is 0 Å². The predicted molar refractivity (Wildman–Crippen MR) is 63.7 cm³/mol. The molecule has 14 heavy (non-hydrogen) atoms. The van der Waals surface area contributed by atoms with Crippen molar-refractivity contribution in [2.75, 3.05) is 11.5 Å². The molecule has 0 aromatic heterocycles. The minimum absolute atomic E-state index is 0.936. The smallest absolute Gasteiger partial charge is 0.0454 e. The van der Waals surface area contributed by atoms with Crippen molar-refractivity contribution in [2.45, 2.75) is 31.1 Å². The van der Waals surface area contributed by atoms with Gasteiger partial charge in [0, 0.05) is 10.6 Å². The Morgan fingerprint density at radius 3 is 2.86 bits per heavy atom. The first-order chi connectivity index (χ1) is 6.75. The number of benzene rings is 1. The van der Waals surface area contributed by atoms with Gasteiger partial charge < -0.3 is 5.73 Å². The second kappa shape index (κ2) is 4.26. The standard InChI is InChI=1S/C12H17NS/c1-9-2-5-12(11(13)8-9)14-7-6-10-3-4-10/h2,5,8,10H,3-4,6-7,13H2,1H3. The molecule has 1 saturated carbocycles. The average Bonchev–Trinajstić information content (AvgIpc) is 2.92. The summed E-state index contributed by atoms with van der Waals surface area (Å²) in [6, 6.07) is 6.33. The van der Waals surface area contributed by atoms with Gasteiger partial charge in [0.1, 0.15) is 0 Å². The summed E-state index contributed by atoms with van der Waals surface area (Å²) < 4.78 is 0. The Labute approximate surface area is 90.1 Å². The zero-order chi connectivity index (χ0) is 9.97. The molecule has 1 nitrogen and oxygen atoms in total. The minimum atomic E-state index is 0.936. The van der Waals surface area contributed by atoms with Crippen molar-refractivity contribution in [2.24, 2.45) is 5.92 Å². The van der Waals surface area contributed by atoms with Crippen molar-refractivity contribution in [3.8, 4) is 0 Å². The van der Waals surface area contributed by atoms with Gasteiger partial charge >= 0.3 is 0 Å². The molecule has 0 heterocycles. The Balaban J connectivity index is 1.87. The van der Waals surface area contributed by atoms with Gasteiger partial charge in [-0.2, -0.15) is 0 Å². The summed E-state index contributed by atoms with van der Waals surface area (Å²) in [6.45, 7) is 2.08. The number of aryl methyl sites for hydroxylation is 1. The Hall–Kier alpha value is -0.630. The maximum absolute atomic E-state index is 5.93. The Morgan fingerprint density at radius 1 is 1.43 bits per heavy atom. The molecule has 0 bridgehead atoms. The average molecular weight is 207 g/mol. The molecule has 1 aromatic rings. The summed E-state index contributed by atoms with van der Waals surface area (Å²) >= 11 is 1.90. The van der Waals surface area contributed by atoms with E-state index in [1.807, 2.05) is 11.8 Å². The highest BCUT2D eigenvalue weighted by Gasteiger charge is 2.20. The van der Waals surface area contributed by atoms with E-state index in [2.05, 4.69) is 25.1 Å². The van der Waals surface area contributed by atoms with Gasteiger partial charge in [-0.15, -0.1) is 11.8 Å². The summed E-state index contributed by atoms with van der Waals surface area (Å²) in [7, 11) is 0. The van der Waals surface area contributed by atoms with Crippen LogP contribution in [0.3, 0.4) is 0 Å². The van der Waals surface area contributed by atoms with Crippen LogP contribution in [0.15, 0.2) is 23.1 Å². The van der Waals surface area contributed by atoms with Crippen molar-refractivity contribution in [1.29, 1.82) is 0 Å². The van der Waals surface area contributed by atoms with Crippen LogP contribution in [0.25, 0.3) is 0 Å². The Bertz CT molecular complexity index is 318. The fourth-order valence-corrected chi connectivity index (χ4v) is 2.60. The van der Waals surface area contributed by atoms with Crippen LogP contribution in [0.2, 0.25) is 0 Å². The molecule has 1 aromatic carbocycles. The van der Waals surface area contributed by atoms with Gasteiger partial charge in [-0.1, -0.05) is 18.9 Å². The van der Waals surface area contributed by atoms with Crippen LogP contribution in [0.1, 0.15) is 24.8 Å². The highest BCUT2D eigenvalue weighted by Crippen LogP contribution is 2.35. The lowest BCUT2D eigenvalue weighted by Gasteiger charge is -2.05. The molecule has 0 atom stereocenters. The second-order valence-corrected chi connectivity index (χ2v) is 5.26. The van der Waals surface area contributed by atoms with Crippen molar-refractivity contribution < 1.29 is 0 Å². The molecule has 0 amide bonds. The molecule has 1 fully saturated rings. The highest BCUT2D eigenvalue weighted by atomic mass is 32.2. The van der Waals surface area contributed by atoms with Crippen LogP contribution in [0.5, 0.6) is 0 Å². The van der Waals surface area contributed by atoms with Crippen LogP contribution >= 0.6 is 11.8 Å². The fourth-order valence-electron chi connectivity index (χ4n) is 1.54. The van der Waals surface area contributed by atoms with E-state index in [4.69, 9.17) is 5.73 Å². The molecule has 0 radical (unpaired) electrons. The number of anilines is 1. The van der Waals surface area contributed by atoms with E-state index in [-0.39, 0.29) is 0 Å². The molecule has 0 aliphatic heterocycles. The third-order valence-corrected chi connectivity index (χ3v) is 3.77. The zero-order valence-corrected chi connectivity index (χ0v) is 9.44. The summed E-state index contributed by atoms with van der Waals surface area (Å²) in [5.41, 5.74) is 8.11. The van der Waals surface area contributed by atoms with Crippen molar-refractivity contribution in [1.82, 2.24) is 0 Å². The molecule has 0 saturated heterocycles. The van der Waals surface area contributed by atoms with Gasteiger partial charge in [-0.3, -0.25) is 0 Å². The number of thioether (sulfide) groups is 1. The van der Waals surface area contributed by atoms with E-state index >= 15 is 0 Å². The molecule has 2 heteroatoms. The third kappa shape index (κ3) is 2.68. The SMILES string of the molecule is Cc1ccc(SCCC2CC2)c(N)c1. The molecular weight excluding hydrogens is 190 g/mol. The van der Waals surface area contributed by atoms with Gasteiger partial charge in [-0.05, 0) is 42.7 Å². The maximum atomic E-state index is 5.93. The van der Waals surface area contributed by atoms with Crippen molar-refractivity contribution in [3.63, 3.8) is 0 Å². The maximum Gasteiger partial charge on any atom is 0.0454 e. The first-order valence-electron chi connectivity index (χ1n) is 5.24. The lowest BCUT2D eigenvalue weighted by atomic mass is 10.2. The lowest BCUT2D eigenvalue weighted by molar-refractivity contribution is 0.809. The summed E-state index contributed by atoms with van der Waals surface area (Å²) in [4.78, 5) is 1.25. The van der Waals surface area contributed by atoms with Crippen LogP contribution in [0, 0.1) is 12.8 Å². The number of hydrogen-bond acceptors (Lipinski definition) is 2. The van der Waals surface area contributed by atoms with E-state index in [0.29, 0.717) is 0 Å². The van der Waals surface area contributed by atoms with Gasteiger partial charge in [0.2, 0.25) is 0 Å². The van der Waals surface area contributed by atoms with Crippen molar-refractivity contribution >= 4 is 17.4 Å². The monoisotopic (exact) mass is 207 g/mol. The first kappa shape index (κ1) is 9.91. The molecule has 2 N–H and O–H groups in total. The molecule has 1 aliphatic rings. The van der Waals surface area contributed by atoms with Crippen LogP contribution in [0.4, 0.5) is 5.69 Å². The quantitative estimate of drug-likeness (QED) is 0.604.